The molecule has 0 bridgehead atoms. The van der Waals surface area contributed by atoms with Gasteiger partial charge in [0.2, 0.25) is 0 Å². The van der Waals surface area contributed by atoms with Crippen LogP contribution in [0.25, 0.3) is 0 Å². The van der Waals surface area contributed by atoms with Crippen molar-refractivity contribution in [3.05, 3.63) is 23.8 Å². The van der Waals surface area contributed by atoms with Crippen LogP contribution in [0.4, 0.5) is 10.5 Å². The molecule has 3 amide bonds. The highest BCUT2D eigenvalue weighted by atomic mass is 16.5. The lowest BCUT2D eigenvalue weighted by atomic mass is 10.1. The van der Waals surface area contributed by atoms with E-state index in [9.17, 15) is 9.59 Å². The Morgan fingerprint density at radius 2 is 2.26 bits per heavy atom. The first-order valence-electron chi connectivity index (χ1n) is 5.93. The number of nitrogen functional groups attached to an aromatic ring is 1. The average molecular weight is 264 g/mol. The number of amides is 3. The van der Waals surface area contributed by atoms with Crippen molar-refractivity contribution in [3.63, 3.8) is 0 Å². The maximum atomic E-state index is 11.3. The molecule has 2 rings (SSSR count). The number of nitrogens with zero attached hydrogens (tertiary/aromatic N) is 1. The Bertz CT molecular complexity index is 504. The minimum atomic E-state index is -0.596. The van der Waals surface area contributed by atoms with E-state index in [1.54, 1.807) is 23.1 Å². The van der Waals surface area contributed by atoms with Crippen molar-refractivity contribution in [2.45, 2.75) is 0 Å². The molecular formula is C12H16N4O3. The van der Waals surface area contributed by atoms with Gasteiger partial charge < -0.3 is 26.4 Å². The second kappa shape index (κ2) is 5.47. The van der Waals surface area contributed by atoms with Crippen LogP contribution in [0.3, 0.4) is 0 Å². The van der Waals surface area contributed by atoms with Gasteiger partial charge in [-0.1, -0.05) is 6.07 Å². The zero-order chi connectivity index (χ0) is 13.8. The third-order valence-electron chi connectivity index (χ3n) is 2.86. The molecule has 0 saturated carbocycles. The molecule has 1 saturated heterocycles. The molecule has 102 valence electrons. The quantitative estimate of drug-likeness (QED) is 0.638. The fraction of sp³-hybridized carbons (Fsp3) is 0.333. The molecule has 0 aliphatic carbocycles. The van der Waals surface area contributed by atoms with Gasteiger partial charge in [0.1, 0.15) is 6.61 Å². The fourth-order valence-corrected chi connectivity index (χ4v) is 1.89. The standard InChI is InChI=1S/C12H16N4O3/c13-9-3-1-2-8(11(14)17)10(9)19-7-6-16-5-4-15-12(16)18/h1-3H,4-7,13H2,(H2,14,17)(H,15,18). The van der Waals surface area contributed by atoms with Crippen LogP contribution in [0, 0.1) is 0 Å². The van der Waals surface area contributed by atoms with E-state index >= 15 is 0 Å². The first kappa shape index (κ1) is 13.0. The molecule has 0 unspecified atom stereocenters. The van der Waals surface area contributed by atoms with Gasteiger partial charge in [-0.25, -0.2) is 4.79 Å². The van der Waals surface area contributed by atoms with Crippen molar-refractivity contribution in [2.24, 2.45) is 5.73 Å². The summed E-state index contributed by atoms with van der Waals surface area (Å²) in [4.78, 5) is 24.2. The number of para-hydroxylation sites is 1. The maximum Gasteiger partial charge on any atom is 0.317 e. The van der Waals surface area contributed by atoms with Gasteiger partial charge >= 0.3 is 6.03 Å². The summed E-state index contributed by atoms with van der Waals surface area (Å²) in [6.07, 6.45) is 0. The Morgan fingerprint density at radius 3 is 2.89 bits per heavy atom. The van der Waals surface area contributed by atoms with E-state index in [2.05, 4.69) is 5.32 Å². The van der Waals surface area contributed by atoms with E-state index in [-0.39, 0.29) is 24.0 Å². The molecule has 0 radical (unpaired) electrons. The number of ether oxygens (including phenoxy) is 1. The summed E-state index contributed by atoms with van der Waals surface area (Å²) in [5.41, 5.74) is 11.6. The minimum Gasteiger partial charge on any atom is -0.489 e. The molecule has 0 atom stereocenters. The summed E-state index contributed by atoms with van der Waals surface area (Å²) < 4.78 is 5.49. The summed E-state index contributed by atoms with van der Waals surface area (Å²) in [7, 11) is 0. The number of nitrogens with two attached hydrogens (primary N) is 2. The van der Waals surface area contributed by atoms with E-state index < -0.39 is 5.91 Å². The Balaban J connectivity index is 1.99. The number of primary amides is 1. The second-order valence-corrected chi connectivity index (χ2v) is 4.16. The lowest BCUT2D eigenvalue weighted by Crippen LogP contribution is -2.32. The van der Waals surface area contributed by atoms with Gasteiger partial charge in [-0.3, -0.25) is 4.79 Å². The van der Waals surface area contributed by atoms with E-state index in [1.165, 1.54) is 0 Å². The van der Waals surface area contributed by atoms with Gasteiger partial charge in [0.25, 0.3) is 5.91 Å². The first-order valence-corrected chi connectivity index (χ1v) is 5.93. The van der Waals surface area contributed by atoms with Gasteiger partial charge in [-0.05, 0) is 12.1 Å². The summed E-state index contributed by atoms with van der Waals surface area (Å²) >= 11 is 0. The zero-order valence-corrected chi connectivity index (χ0v) is 10.4. The summed E-state index contributed by atoms with van der Waals surface area (Å²) in [5.74, 6) is -0.323. The van der Waals surface area contributed by atoms with E-state index in [0.717, 1.165) is 0 Å². The van der Waals surface area contributed by atoms with Crippen LogP contribution in [0.5, 0.6) is 5.75 Å². The molecule has 1 aliphatic heterocycles. The number of anilines is 1. The van der Waals surface area contributed by atoms with Gasteiger partial charge in [-0.15, -0.1) is 0 Å². The minimum absolute atomic E-state index is 0.111. The van der Waals surface area contributed by atoms with Crippen molar-refractivity contribution in [1.82, 2.24) is 10.2 Å². The molecule has 1 heterocycles. The SMILES string of the molecule is NC(=O)c1cccc(N)c1OCCN1CCNC1=O. The summed E-state index contributed by atoms with van der Waals surface area (Å²) in [6, 6.07) is 4.71. The van der Waals surface area contributed by atoms with Crippen LogP contribution in [-0.2, 0) is 0 Å². The number of benzene rings is 1. The Kier molecular flexibility index (Phi) is 3.74. The Labute approximate surface area is 110 Å². The molecule has 7 heteroatoms. The molecule has 0 aromatic heterocycles. The fourth-order valence-electron chi connectivity index (χ4n) is 1.89. The largest absolute Gasteiger partial charge is 0.489 e. The van der Waals surface area contributed by atoms with Gasteiger partial charge in [-0.2, -0.15) is 0 Å². The smallest absolute Gasteiger partial charge is 0.317 e. The number of carbonyl (C=O) groups is 2. The predicted octanol–water partition coefficient (Wildman–Crippen LogP) is -0.228. The van der Waals surface area contributed by atoms with E-state index in [1.807, 2.05) is 0 Å². The molecule has 5 N–H and O–H groups in total. The summed E-state index contributed by atoms with van der Waals surface area (Å²) in [6.45, 7) is 1.97. The molecule has 19 heavy (non-hydrogen) atoms. The van der Waals surface area contributed by atoms with Gasteiger partial charge in [0.05, 0.1) is 17.8 Å². The third kappa shape index (κ3) is 2.87. The predicted molar refractivity (Wildman–Crippen MR) is 69.8 cm³/mol. The van der Waals surface area contributed by atoms with Crippen LogP contribution >= 0.6 is 0 Å². The average Bonchev–Trinajstić information content (AvgIpc) is 2.77. The molecule has 1 aliphatic rings. The van der Waals surface area contributed by atoms with Crippen LogP contribution in [0.1, 0.15) is 10.4 Å². The Hall–Kier alpha value is -2.44. The highest BCUT2D eigenvalue weighted by Crippen LogP contribution is 2.25. The van der Waals surface area contributed by atoms with Crippen LogP contribution in [0.2, 0.25) is 0 Å². The van der Waals surface area contributed by atoms with Crippen molar-refractivity contribution >= 4 is 17.6 Å². The third-order valence-corrected chi connectivity index (χ3v) is 2.86. The van der Waals surface area contributed by atoms with Crippen LogP contribution in [0.15, 0.2) is 18.2 Å². The van der Waals surface area contributed by atoms with Crippen molar-refractivity contribution in [3.8, 4) is 5.75 Å². The molecule has 0 spiro atoms. The monoisotopic (exact) mass is 264 g/mol. The number of nitrogens with one attached hydrogen (secondary N) is 1. The van der Waals surface area contributed by atoms with Crippen molar-refractivity contribution in [1.29, 1.82) is 0 Å². The molecule has 7 nitrogen and oxygen atoms in total. The molecule has 1 fully saturated rings. The first-order chi connectivity index (χ1) is 9.09. The number of hydrogen-bond acceptors (Lipinski definition) is 4. The lowest BCUT2D eigenvalue weighted by molar-refractivity contribution is 0.0995. The second-order valence-electron chi connectivity index (χ2n) is 4.16. The molecule has 1 aromatic carbocycles. The number of carbonyl (C=O) groups excluding carboxylic acids is 2. The number of urea groups is 1. The van der Waals surface area contributed by atoms with Gasteiger partial charge in [0.15, 0.2) is 5.75 Å². The normalized spacial score (nSPS) is 14.3. The highest BCUT2D eigenvalue weighted by Gasteiger charge is 2.19. The molecule has 1 aromatic rings. The number of hydrogen-bond donors (Lipinski definition) is 3. The number of rotatable bonds is 5. The summed E-state index contributed by atoms with van der Waals surface area (Å²) in [5, 5.41) is 2.69. The van der Waals surface area contributed by atoms with Crippen molar-refractivity contribution in [2.75, 3.05) is 32.0 Å². The highest BCUT2D eigenvalue weighted by molar-refractivity contribution is 5.97. The molecular weight excluding hydrogens is 248 g/mol. The zero-order valence-electron chi connectivity index (χ0n) is 10.4. The van der Waals surface area contributed by atoms with E-state index in [0.29, 0.717) is 25.3 Å². The maximum absolute atomic E-state index is 11.3. The van der Waals surface area contributed by atoms with E-state index in [4.69, 9.17) is 16.2 Å². The van der Waals surface area contributed by atoms with Crippen LogP contribution < -0.4 is 21.5 Å². The van der Waals surface area contributed by atoms with Crippen molar-refractivity contribution < 1.29 is 14.3 Å². The van der Waals surface area contributed by atoms with Crippen LogP contribution in [-0.4, -0.2) is 43.1 Å². The Morgan fingerprint density at radius 1 is 1.47 bits per heavy atom. The lowest BCUT2D eigenvalue weighted by Gasteiger charge is -2.16. The van der Waals surface area contributed by atoms with Gasteiger partial charge in [0, 0.05) is 13.1 Å². The topological polar surface area (TPSA) is 111 Å².